The molecule has 1 aliphatic heterocycles. The van der Waals surface area contributed by atoms with E-state index in [1.807, 2.05) is 34.9 Å². The molecule has 3 heterocycles. The zero-order valence-corrected chi connectivity index (χ0v) is 16.4. The van der Waals surface area contributed by atoms with Gasteiger partial charge in [-0.2, -0.15) is 0 Å². The quantitative estimate of drug-likeness (QED) is 0.683. The molecule has 1 aliphatic rings. The molecule has 28 heavy (non-hydrogen) atoms. The summed E-state index contributed by atoms with van der Waals surface area (Å²) in [5.41, 5.74) is 3.21. The summed E-state index contributed by atoms with van der Waals surface area (Å²) in [5.74, 6) is 2.23. The number of aromatic nitrogens is 3. The first-order valence-electron chi connectivity index (χ1n) is 9.94. The van der Waals surface area contributed by atoms with Crippen LogP contribution in [-0.2, 0) is 17.6 Å². The molecule has 6 heteroatoms. The van der Waals surface area contributed by atoms with Crippen LogP contribution in [0.5, 0.6) is 5.75 Å². The molecule has 6 nitrogen and oxygen atoms in total. The number of nitrogens with zero attached hydrogens (tertiary/aromatic N) is 3. The second-order valence-electron chi connectivity index (χ2n) is 7.78. The van der Waals surface area contributed by atoms with Gasteiger partial charge in [-0.15, -0.1) is 10.2 Å². The first-order chi connectivity index (χ1) is 13.6. The number of hydrogen-bond donors (Lipinski definition) is 1. The number of nitrogens with one attached hydrogen (secondary N) is 1. The lowest BCUT2D eigenvalue weighted by atomic mass is 10.0. The highest BCUT2D eigenvalue weighted by Crippen LogP contribution is 2.26. The van der Waals surface area contributed by atoms with Crippen LogP contribution in [0.3, 0.4) is 0 Å². The van der Waals surface area contributed by atoms with Crippen LogP contribution in [0.25, 0.3) is 5.65 Å². The number of amides is 1. The molecular weight excluding hydrogens is 352 g/mol. The lowest BCUT2D eigenvalue weighted by Gasteiger charge is -2.19. The molecule has 0 saturated heterocycles. The Bertz CT molecular complexity index is 980. The highest BCUT2D eigenvalue weighted by Gasteiger charge is 2.21. The monoisotopic (exact) mass is 378 g/mol. The van der Waals surface area contributed by atoms with Crippen molar-refractivity contribution in [1.29, 1.82) is 0 Å². The van der Waals surface area contributed by atoms with Gasteiger partial charge in [-0.05, 0) is 48.1 Å². The van der Waals surface area contributed by atoms with Crippen molar-refractivity contribution in [2.24, 2.45) is 5.92 Å². The van der Waals surface area contributed by atoms with E-state index in [-0.39, 0.29) is 11.9 Å². The lowest BCUT2D eigenvalue weighted by molar-refractivity contribution is -0.122. The second kappa shape index (κ2) is 8.00. The molecule has 1 aromatic carbocycles. The van der Waals surface area contributed by atoms with E-state index in [9.17, 15) is 4.79 Å². The summed E-state index contributed by atoms with van der Waals surface area (Å²) in [6, 6.07) is 11.9. The highest BCUT2D eigenvalue weighted by molar-refractivity contribution is 5.76. The number of carbonyl (C=O) groups is 1. The Morgan fingerprint density at radius 3 is 3.00 bits per heavy atom. The van der Waals surface area contributed by atoms with Crippen LogP contribution < -0.4 is 10.1 Å². The van der Waals surface area contributed by atoms with Crippen molar-refractivity contribution in [1.82, 2.24) is 19.9 Å². The molecule has 1 atom stereocenters. The molecule has 1 unspecified atom stereocenters. The van der Waals surface area contributed by atoms with E-state index < -0.39 is 0 Å². The van der Waals surface area contributed by atoms with Gasteiger partial charge in [0, 0.05) is 19.0 Å². The van der Waals surface area contributed by atoms with Crippen LogP contribution in [0.4, 0.5) is 0 Å². The molecule has 0 spiro atoms. The second-order valence-corrected chi connectivity index (χ2v) is 7.78. The fraction of sp³-hybridized carbons (Fsp3) is 0.409. The Morgan fingerprint density at radius 1 is 1.25 bits per heavy atom. The Kier molecular flexibility index (Phi) is 5.28. The van der Waals surface area contributed by atoms with Crippen molar-refractivity contribution < 1.29 is 9.53 Å². The molecule has 0 bridgehead atoms. The lowest BCUT2D eigenvalue weighted by Crippen LogP contribution is -2.31. The van der Waals surface area contributed by atoms with Gasteiger partial charge in [-0.3, -0.25) is 9.20 Å². The standard InChI is InChI=1S/C22H26N4O2/c1-15(2)13-18(22-25-24-20-5-3-4-11-26(20)22)23-21(27)9-7-16-6-8-19-17(14-16)10-12-28-19/h3-6,8,11,14-15,18H,7,9-10,12-13H2,1-2H3,(H,23,27). The number of fused-ring (bicyclic) bond motifs is 2. The predicted octanol–water partition coefficient (Wildman–Crippen LogP) is 3.50. The molecule has 146 valence electrons. The van der Waals surface area contributed by atoms with Crippen molar-refractivity contribution in [2.75, 3.05) is 6.61 Å². The van der Waals surface area contributed by atoms with Crippen LogP contribution in [0.2, 0.25) is 0 Å². The average Bonchev–Trinajstić information content (AvgIpc) is 3.31. The molecule has 0 fully saturated rings. The van der Waals surface area contributed by atoms with Crippen molar-refractivity contribution in [3.8, 4) is 5.75 Å². The number of rotatable bonds is 7. The van der Waals surface area contributed by atoms with E-state index >= 15 is 0 Å². The number of ether oxygens (including phenoxy) is 1. The van der Waals surface area contributed by atoms with Gasteiger partial charge >= 0.3 is 0 Å². The largest absolute Gasteiger partial charge is 0.493 e. The van der Waals surface area contributed by atoms with E-state index in [1.165, 1.54) is 11.1 Å². The zero-order chi connectivity index (χ0) is 19.5. The fourth-order valence-corrected chi connectivity index (χ4v) is 3.72. The first-order valence-corrected chi connectivity index (χ1v) is 9.94. The predicted molar refractivity (Wildman–Crippen MR) is 107 cm³/mol. The fourth-order valence-electron chi connectivity index (χ4n) is 3.72. The van der Waals surface area contributed by atoms with Crippen molar-refractivity contribution in [2.45, 2.75) is 45.6 Å². The molecule has 1 N–H and O–H groups in total. The van der Waals surface area contributed by atoms with E-state index in [0.29, 0.717) is 18.8 Å². The molecule has 3 aromatic rings. The van der Waals surface area contributed by atoms with Gasteiger partial charge in [-0.25, -0.2) is 0 Å². The summed E-state index contributed by atoms with van der Waals surface area (Å²) in [5, 5.41) is 11.8. The smallest absolute Gasteiger partial charge is 0.220 e. The third kappa shape index (κ3) is 4.01. The van der Waals surface area contributed by atoms with E-state index in [2.05, 4.69) is 41.5 Å². The summed E-state index contributed by atoms with van der Waals surface area (Å²) >= 11 is 0. The van der Waals surface area contributed by atoms with Crippen LogP contribution >= 0.6 is 0 Å². The van der Waals surface area contributed by atoms with Gasteiger partial charge in [0.25, 0.3) is 0 Å². The van der Waals surface area contributed by atoms with Gasteiger partial charge in [0.05, 0.1) is 12.6 Å². The Morgan fingerprint density at radius 2 is 2.14 bits per heavy atom. The third-order valence-corrected chi connectivity index (χ3v) is 5.09. The van der Waals surface area contributed by atoms with Crippen molar-refractivity contribution in [3.63, 3.8) is 0 Å². The molecule has 1 amide bonds. The molecule has 4 rings (SSSR count). The maximum atomic E-state index is 12.7. The van der Waals surface area contributed by atoms with Crippen LogP contribution in [0.1, 0.15) is 49.7 Å². The third-order valence-electron chi connectivity index (χ3n) is 5.09. The van der Waals surface area contributed by atoms with Crippen LogP contribution in [0, 0.1) is 5.92 Å². The van der Waals surface area contributed by atoms with E-state index in [1.54, 1.807) is 0 Å². The molecular formula is C22H26N4O2. The van der Waals surface area contributed by atoms with Gasteiger partial charge in [0.15, 0.2) is 11.5 Å². The number of aryl methyl sites for hydroxylation is 1. The number of benzene rings is 1. The average molecular weight is 378 g/mol. The zero-order valence-electron chi connectivity index (χ0n) is 16.4. The Balaban J connectivity index is 1.44. The maximum absolute atomic E-state index is 12.7. The summed E-state index contributed by atoms with van der Waals surface area (Å²) in [4.78, 5) is 12.7. The summed E-state index contributed by atoms with van der Waals surface area (Å²) in [7, 11) is 0. The SMILES string of the molecule is CC(C)CC(NC(=O)CCc1ccc2c(c1)CCO2)c1nnc2ccccn12. The normalized spacial score (nSPS) is 14.1. The number of carbonyl (C=O) groups excluding carboxylic acids is 1. The summed E-state index contributed by atoms with van der Waals surface area (Å²) < 4.78 is 7.50. The summed E-state index contributed by atoms with van der Waals surface area (Å²) in [6.07, 6.45) is 4.87. The van der Waals surface area contributed by atoms with E-state index in [4.69, 9.17) is 4.74 Å². The van der Waals surface area contributed by atoms with Gasteiger partial charge in [0.1, 0.15) is 5.75 Å². The van der Waals surface area contributed by atoms with Gasteiger partial charge < -0.3 is 10.1 Å². The minimum Gasteiger partial charge on any atom is -0.493 e. The Hall–Kier alpha value is -2.89. The molecule has 0 saturated carbocycles. The molecule has 2 aromatic heterocycles. The number of pyridine rings is 1. The summed E-state index contributed by atoms with van der Waals surface area (Å²) in [6.45, 7) is 5.05. The van der Waals surface area contributed by atoms with Crippen LogP contribution in [0.15, 0.2) is 42.6 Å². The van der Waals surface area contributed by atoms with Crippen LogP contribution in [-0.4, -0.2) is 27.1 Å². The maximum Gasteiger partial charge on any atom is 0.220 e. The van der Waals surface area contributed by atoms with Gasteiger partial charge in [-0.1, -0.05) is 32.0 Å². The van der Waals surface area contributed by atoms with Crippen molar-refractivity contribution in [3.05, 3.63) is 59.5 Å². The van der Waals surface area contributed by atoms with Gasteiger partial charge in [0.2, 0.25) is 5.91 Å². The van der Waals surface area contributed by atoms with E-state index in [0.717, 1.165) is 36.7 Å². The number of hydrogen-bond acceptors (Lipinski definition) is 4. The highest BCUT2D eigenvalue weighted by atomic mass is 16.5. The molecule has 0 radical (unpaired) electrons. The minimum atomic E-state index is -0.154. The topological polar surface area (TPSA) is 68.5 Å². The Labute approximate surface area is 164 Å². The first kappa shape index (κ1) is 18.5. The molecule has 0 aliphatic carbocycles. The minimum absolute atomic E-state index is 0.0371. The van der Waals surface area contributed by atoms with Crippen molar-refractivity contribution >= 4 is 11.6 Å².